The molecule has 1 aliphatic rings. The van der Waals surface area contributed by atoms with Crippen LogP contribution in [-0.4, -0.2) is 26.8 Å². The van der Waals surface area contributed by atoms with Crippen LogP contribution in [0.1, 0.15) is 26.3 Å². The lowest BCUT2D eigenvalue weighted by Gasteiger charge is -2.07. The Kier molecular flexibility index (Phi) is 2.87. The Balaban J connectivity index is 1.63. The first kappa shape index (κ1) is 13.4. The summed E-state index contributed by atoms with van der Waals surface area (Å²) in [5, 5.41) is 13.5. The van der Waals surface area contributed by atoms with Crippen LogP contribution in [-0.2, 0) is 13.6 Å². The Hall–Kier alpha value is -3.22. The largest absolute Gasteiger partial charge is 0.348 e. The van der Waals surface area contributed by atoms with Gasteiger partial charge in [-0.25, -0.2) is 4.68 Å². The molecule has 2 N–H and O–H groups in total. The van der Waals surface area contributed by atoms with Crippen molar-refractivity contribution in [1.29, 1.82) is 0 Å². The second-order valence-electron chi connectivity index (χ2n) is 5.43. The highest BCUT2D eigenvalue weighted by Crippen LogP contribution is 2.21. The van der Waals surface area contributed by atoms with E-state index in [2.05, 4.69) is 20.9 Å². The van der Waals surface area contributed by atoms with Crippen molar-refractivity contribution in [3.8, 4) is 0 Å². The van der Waals surface area contributed by atoms with Gasteiger partial charge in [0.1, 0.15) is 5.52 Å². The predicted octanol–water partition coefficient (Wildman–Crippen LogP) is 1.46. The summed E-state index contributed by atoms with van der Waals surface area (Å²) >= 11 is 0. The zero-order chi connectivity index (χ0) is 16.0. The molecule has 23 heavy (non-hydrogen) atoms. The zero-order valence-electron chi connectivity index (χ0n) is 12.3. The van der Waals surface area contributed by atoms with Crippen molar-refractivity contribution in [2.24, 2.45) is 7.05 Å². The van der Waals surface area contributed by atoms with Gasteiger partial charge in [-0.3, -0.25) is 9.59 Å². The molecular formula is C16H13N5O2. The van der Waals surface area contributed by atoms with Crippen molar-refractivity contribution in [1.82, 2.24) is 20.3 Å². The van der Waals surface area contributed by atoms with Crippen molar-refractivity contribution >= 4 is 28.5 Å². The molecule has 1 aromatic heterocycles. The Morgan fingerprint density at radius 3 is 3.00 bits per heavy atom. The number of nitrogens with one attached hydrogen (secondary N) is 2. The van der Waals surface area contributed by atoms with Gasteiger partial charge in [-0.1, -0.05) is 11.3 Å². The third-order valence-corrected chi connectivity index (χ3v) is 3.92. The lowest BCUT2D eigenvalue weighted by atomic mass is 10.1. The quantitative estimate of drug-likeness (QED) is 0.750. The van der Waals surface area contributed by atoms with E-state index in [9.17, 15) is 9.59 Å². The molecule has 0 saturated heterocycles. The van der Waals surface area contributed by atoms with Crippen LogP contribution >= 0.6 is 0 Å². The van der Waals surface area contributed by atoms with Crippen LogP contribution in [0.5, 0.6) is 0 Å². The van der Waals surface area contributed by atoms with Gasteiger partial charge in [-0.2, -0.15) is 0 Å². The van der Waals surface area contributed by atoms with Crippen molar-refractivity contribution in [2.45, 2.75) is 6.54 Å². The number of rotatable bonds is 2. The van der Waals surface area contributed by atoms with Crippen molar-refractivity contribution in [2.75, 3.05) is 5.32 Å². The molecule has 0 aliphatic carbocycles. The minimum atomic E-state index is -0.244. The molecule has 3 aromatic rings. The molecule has 2 amide bonds. The summed E-state index contributed by atoms with van der Waals surface area (Å²) in [7, 11) is 1.77. The topological polar surface area (TPSA) is 88.9 Å². The molecule has 114 valence electrons. The number of benzene rings is 2. The van der Waals surface area contributed by atoms with E-state index in [1.807, 2.05) is 6.07 Å². The summed E-state index contributed by atoms with van der Waals surface area (Å²) in [6, 6.07) is 10.5. The molecule has 0 saturated carbocycles. The minimum Gasteiger partial charge on any atom is -0.348 e. The lowest BCUT2D eigenvalue weighted by molar-refractivity contribution is 0.0964. The average molecular weight is 307 g/mol. The highest BCUT2D eigenvalue weighted by molar-refractivity contribution is 6.07. The van der Waals surface area contributed by atoms with E-state index >= 15 is 0 Å². The van der Waals surface area contributed by atoms with Gasteiger partial charge in [0.05, 0.1) is 5.52 Å². The number of nitrogens with zero attached hydrogens (tertiary/aromatic N) is 3. The van der Waals surface area contributed by atoms with E-state index in [1.54, 1.807) is 42.1 Å². The third kappa shape index (κ3) is 2.22. The maximum atomic E-state index is 12.4. The number of aromatic nitrogens is 3. The van der Waals surface area contributed by atoms with Gasteiger partial charge in [0.2, 0.25) is 0 Å². The van der Waals surface area contributed by atoms with Gasteiger partial charge in [0, 0.05) is 30.4 Å². The second-order valence-corrected chi connectivity index (χ2v) is 5.43. The summed E-state index contributed by atoms with van der Waals surface area (Å²) < 4.78 is 1.62. The number of aryl methyl sites for hydroxylation is 1. The smallest absolute Gasteiger partial charge is 0.255 e. The van der Waals surface area contributed by atoms with Crippen molar-refractivity contribution < 1.29 is 9.59 Å². The van der Waals surface area contributed by atoms with Crippen LogP contribution in [0.4, 0.5) is 5.69 Å². The fourth-order valence-corrected chi connectivity index (χ4v) is 2.67. The molecular weight excluding hydrogens is 294 g/mol. The molecule has 0 spiro atoms. The van der Waals surface area contributed by atoms with Crippen LogP contribution in [0.2, 0.25) is 0 Å². The van der Waals surface area contributed by atoms with Gasteiger partial charge < -0.3 is 10.6 Å². The molecule has 0 atom stereocenters. The molecule has 7 heteroatoms. The molecule has 4 rings (SSSR count). The minimum absolute atomic E-state index is 0.113. The van der Waals surface area contributed by atoms with Gasteiger partial charge >= 0.3 is 0 Å². The van der Waals surface area contributed by atoms with Crippen molar-refractivity contribution in [3.63, 3.8) is 0 Å². The number of fused-ring (bicyclic) bond motifs is 2. The Morgan fingerprint density at radius 2 is 2.13 bits per heavy atom. The van der Waals surface area contributed by atoms with Gasteiger partial charge in [0.25, 0.3) is 11.8 Å². The first-order valence-corrected chi connectivity index (χ1v) is 7.14. The molecule has 0 bridgehead atoms. The number of hydrogen-bond acceptors (Lipinski definition) is 4. The fraction of sp³-hybridized carbons (Fsp3) is 0.125. The molecule has 1 aliphatic heterocycles. The summed E-state index contributed by atoms with van der Waals surface area (Å²) in [4.78, 5) is 24.1. The van der Waals surface area contributed by atoms with Gasteiger partial charge in [-0.05, 0) is 35.9 Å². The summed E-state index contributed by atoms with van der Waals surface area (Å²) in [5.41, 5.74) is 4.16. The Labute approximate surface area is 131 Å². The van der Waals surface area contributed by atoms with E-state index in [4.69, 9.17) is 0 Å². The monoisotopic (exact) mass is 307 g/mol. The van der Waals surface area contributed by atoms with Gasteiger partial charge in [0.15, 0.2) is 0 Å². The molecule has 7 nitrogen and oxygen atoms in total. The lowest BCUT2D eigenvalue weighted by Crippen LogP contribution is -2.14. The van der Waals surface area contributed by atoms with Crippen LogP contribution in [0, 0.1) is 0 Å². The van der Waals surface area contributed by atoms with E-state index in [0.717, 1.165) is 16.6 Å². The Bertz CT molecular complexity index is 960. The van der Waals surface area contributed by atoms with E-state index < -0.39 is 0 Å². The van der Waals surface area contributed by atoms with Crippen molar-refractivity contribution in [3.05, 3.63) is 53.1 Å². The first-order valence-electron chi connectivity index (χ1n) is 7.14. The maximum Gasteiger partial charge on any atom is 0.255 e. The number of carbonyl (C=O) groups excluding carboxylic acids is 2. The number of hydrogen-bond donors (Lipinski definition) is 2. The summed E-state index contributed by atoms with van der Waals surface area (Å²) in [6.07, 6.45) is 0. The zero-order valence-corrected chi connectivity index (χ0v) is 12.3. The predicted molar refractivity (Wildman–Crippen MR) is 84.1 cm³/mol. The van der Waals surface area contributed by atoms with Gasteiger partial charge in [-0.15, -0.1) is 5.10 Å². The van der Waals surface area contributed by atoms with Crippen LogP contribution in [0.15, 0.2) is 36.4 Å². The fourth-order valence-electron chi connectivity index (χ4n) is 2.67. The van der Waals surface area contributed by atoms with E-state index in [0.29, 0.717) is 23.4 Å². The van der Waals surface area contributed by atoms with E-state index in [-0.39, 0.29) is 11.8 Å². The normalized spacial score (nSPS) is 13.0. The summed E-state index contributed by atoms with van der Waals surface area (Å²) in [6.45, 7) is 0.534. The molecule has 2 aromatic carbocycles. The second kappa shape index (κ2) is 4.91. The molecule has 0 fully saturated rings. The molecule has 0 radical (unpaired) electrons. The van der Waals surface area contributed by atoms with E-state index in [1.165, 1.54) is 0 Å². The third-order valence-electron chi connectivity index (χ3n) is 3.92. The highest BCUT2D eigenvalue weighted by Gasteiger charge is 2.19. The Morgan fingerprint density at radius 1 is 1.26 bits per heavy atom. The first-order chi connectivity index (χ1) is 11.1. The number of carbonyl (C=O) groups is 2. The molecule has 0 unspecified atom stereocenters. The van der Waals surface area contributed by atoms with Crippen LogP contribution in [0.25, 0.3) is 11.0 Å². The van der Waals surface area contributed by atoms with Crippen LogP contribution in [0.3, 0.4) is 0 Å². The van der Waals surface area contributed by atoms with Crippen LogP contribution < -0.4 is 10.6 Å². The standard InChI is InChI=1S/C16H13N5O2/c1-21-14-6-9(3-5-13(14)19-20-21)15(22)18-11-4-2-10-8-17-16(23)12(10)7-11/h2-7H,8H2,1H3,(H,17,23)(H,18,22). The maximum absolute atomic E-state index is 12.4. The average Bonchev–Trinajstić information content (AvgIpc) is 3.11. The number of anilines is 1. The SMILES string of the molecule is Cn1nnc2ccc(C(=O)Nc3ccc4c(c3)C(=O)NC4)cc21. The highest BCUT2D eigenvalue weighted by atomic mass is 16.2. The summed E-state index contributed by atoms with van der Waals surface area (Å²) in [5.74, 6) is -0.357. The number of amides is 2. The molecule has 2 heterocycles.